The number of benzene rings is 2. The number of hydrogen-bond donors (Lipinski definition) is 2. The van der Waals surface area contributed by atoms with Gasteiger partial charge in [-0.05, 0) is 47.1 Å². The molecule has 4 rings (SSSR count). The van der Waals surface area contributed by atoms with Gasteiger partial charge in [-0.15, -0.1) is 0 Å². The van der Waals surface area contributed by atoms with Crippen LogP contribution in [-0.2, 0) is 22.6 Å². The molecule has 0 bridgehead atoms. The predicted molar refractivity (Wildman–Crippen MR) is 154 cm³/mol. The van der Waals surface area contributed by atoms with Crippen LogP contribution in [0.4, 0.5) is 0 Å². The second kappa shape index (κ2) is 13.1. The van der Waals surface area contributed by atoms with Gasteiger partial charge in [0, 0.05) is 62.7 Å². The number of hydrogen-bond acceptors (Lipinski definition) is 4. The Balaban J connectivity index is 1.42. The molecule has 2 heterocycles. The van der Waals surface area contributed by atoms with Gasteiger partial charge in [-0.25, -0.2) is 0 Å². The molecular weight excluding hydrogens is 496 g/mol. The minimum atomic E-state index is -0.608. The molecule has 3 atom stereocenters. The first-order chi connectivity index (χ1) is 18.2. The zero-order chi connectivity index (χ0) is 27.2. The number of nitrogens with one attached hydrogen (secondary N) is 2. The number of carbonyl (C=O) groups is 2. The van der Waals surface area contributed by atoms with Crippen LogP contribution >= 0.6 is 11.6 Å². The molecule has 0 aromatic heterocycles. The lowest BCUT2D eigenvalue weighted by molar-refractivity contribution is -0.138. The molecule has 0 spiro atoms. The predicted octanol–water partition coefficient (Wildman–Crippen LogP) is 4.82. The zero-order valence-electron chi connectivity index (χ0n) is 23.3. The number of rotatable bonds is 10. The Morgan fingerprint density at radius 2 is 1.68 bits per heavy atom. The van der Waals surface area contributed by atoms with E-state index >= 15 is 0 Å². The van der Waals surface area contributed by atoms with Crippen molar-refractivity contribution in [1.29, 1.82) is 0 Å². The van der Waals surface area contributed by atoms with Crippen molar-refractivity contribution < 1.29 is 9.59 Å². The number of piperazine rings is 1. The van der Waals surface area contributed by atoms with Crippen molar-refractivity contribution in [3.63, 3.8) is 0 Å². The van der Waals surface area contributed by atoms with Gasteiger partial charge < -0.3 is 15.5 Å². The van der Waals surface area contributed by atoms with Crippen LogP contribution < -0.4 is 10.6 Å². The molecule has 38 heavy (non-hydrogen) atoms. The van der Waals surface area contributed by atoms with Gasteiger partial charge in [-0.2, -0.15) is 0 Å². The summed E-state index contributed by atoms with van der Waals surface area (Å²) in [4.78, 5) is 31.5. The van der Waals surface area contributed by atoms with E-state index in [4.69, 9.17) is 11.6 Å². The van der Waals surface area contributed by atoms with Gasteiger partial charge in [0.2, 0.25) is 11.8 Å². The fraction of sp³-hybridized carbons (Fsp3) is 0.548. The van der Waals surface area contributed by atoms with E-state index in [2.05, 4.69) is 55.4 Å². The van der Waals surface area contributed by atoms with Crippen molar-refractivity contribution in [1.82, 2.24) is 20.4 Å². The molecule has 0 saturated carbocycles. The number of halogens is 1. The summed E-state index contributed by atoms with van der Waals surface area (Å²) in [7, 11) is 0. The first-order valence-electron chi connectivity index (χ1n) is 14.1. The van der Waals surface area contributed by atoms with Crippen LogP contribution in [-0.4, -0.2) is 59.9 Å². The molecule has 7 heteroatoms. The van der Waals surface area contributed by atoms with E-state index in [-0.39, 0.29) is 17.9 Å². The van der Waals surface area contributed by atoms with Crippen molar-refractivity contribution in [2.75, 3.05) is 26.2 Å². The van der Waals surface area contributed by atoms with E-state index in [1.165, 1.54) is 17.5 Å². The van der Waals surface area contributed by atoms with Crippen LogP contribution in [0, 0.1) is 11.8 Å². The summed E-state index contributed by atoms with van der Waals surface area (Å²) >= 11 is 6.09. The standard InChI is InChI=1S/C31H43ClN4O2/c1-21(2)17-29(22(3)4)35-13-15-36(16-14-35)31(38)28(18-23-9-11-25(32)12-10-23)34-30(37)19-27-26-8-6-5-7-24(26)20-33-27/h5-12,21-22,27-29,33H,13-20H2,1-4H3,(H,34,37)/t27?,28-,29?/m1/s1. The highest BCUT2D eigenvalue weighted by molar-refractivity contribution is 6.30. The SMILES string of the molecule is CC(C)CC(C(C)C)N1CCN(C(=O)[C@@H](Cc2ccc(Cl)cc2)NC(=O)CC2NCc3ccccc32)CC1. The van der Waals surface area contributed by atoms with Gasteiger partial charge in [0.1, 0.15) is 6.04 Å². The summed E-state index contributed by atoms with van der Waals surface area (Å²) in [5.74, 6) is 1.10. The highest BCUT2D eigenvalue weighted by Gasteiger charge is 2.33. The summed E-state index contributed by atoms with van der Waals surface area (Å²) in [6, 6.07) is 15.6. The first kappa shape index (κ1) is 28.6. The number of fused-ring (bicyclic) bond motifs is 1. The summed E-state index contributed by atoms with van der Waals surface area (Å²) in [5.41, 5.74) is 3.38. The maximum atomic E-state index is 13.8. The maximum Gasteiger partial charge on any atom is 0.245 e. The van der Waals surface area contributed by atoms with Gasteiger partial charge in [-0.1, -0.05) is 75.7 Å². The fourth-order valence-corrected chi connectivity index (χ4v) is 6.00. The molecule has 2 amide bonds. The van der Waals surface area contributed by atoms with Crippen molar-refractivity contribution in [2.24, 2.45) is 11.8 Å². The molecular formula is C31H43ClN4O2. The number of carbonyl (C=O) groups excluding carboxylic acids is 2. The molecule has 0 radical (unpaired) electrons. The Kier molecular flexibility index (Phi) is 9.85. The van der Waals surface area contributed by atoms with Crippen molar-refractivity contribution in [3.05, 3.63) is 70.2 Å². The molecule has 2 aromatic carbocycles. The van der Waals surface area contributed by atoms with E-state index < -0.39 is 6.04 Å². The number of nitrogens with zero attached hydrogens (tertiary/aromatic N) is 2. The average molecular weight is 539 g/mol. The van der Waals surface area contributed by atoms with Gasteiger partial charge >= 0.3 is 0 Å². The number of amides is 2. The third kappa shape index (κ3) is 7.37. The van der Waals surface area contributed by atoms with E-state index in [0.29, 0.717) is 48.8 Å². The minimum absolute atomic E-state index is 0.00214. The Morgan fingerprint density at radius 1 is 1.00 bits per heavy atom. The van der Waals surface area contributed by atoms with E-state index in [0.717, 1.165) is 25.2 Å². The molecule has 1 saturated heterocycles. The van der Waals surface area contributed by atoms with Crippen LogP contribution in [0.5, 0.6) is 0 Å². The Hall–Kier alpha value is -2.41. The third-order valence-electron chi connectivity index (χ3n) is 7.92. The van der Waals surface area contributed by atoms with Crippen molar-refractivity contribution in [3.8, 4) is 0 Å². The lowest BCUT2D eigenvalue weighted by atomic mass is 9.92. The monoisotopic (exact) mass is 538 g/mol. The van der Waals surface area contributed by atoms with Crippen LogP contribution in [0.3, 0.4) is 0 Å². The zero-order valence-corrected chi connectivity index (χ0v) is 24.0. The average Bonchev–Trinajstić information content (AvgIpc) is 3.30. The molecule has 2 aliphatic heterocycles. The Morgan fingerprint density at radius 3 is 2.34 bits per heavy atom. The van der Waals surface area contributed by atoms with Gasteiger partial charge in [0.05, 0.1) is 0 Å². The quantitative estimate of drug-likeness (QED) is 0.455. The molecule has 2 aliphatic rings. The molecule has 6 nitrogen and oxygen atoms in total. The third-order valence-corrected chi connectivity index (χ3v) is 8.17. The second-order valence-corrected chi connectivity index (χ2v) is 12.0. The summed E-state index contributed by atoms with van der Waals surface area (Å²) in [6.07, 6.45) is 1.91. The van der Waals surface area contributed by atoms with Gasteiger partial charge in [-0.3, -0.25) is 14.5 Å². The van der Waals surface area contributed by atoms with Crippen molar-refractivity contribution >= 4 is 23.4 Å². The molecule has 1 fully saturated rings. The Labute approximate surface area is 233 Å². The van der Waals surface area contributed by atoms with Crippen LogP contribution in [0.2, 0.25) is 5.02 Å². The molecule has 2 N–H and O–H groups in total. The largest absolute Gasteiger partial charge is 0.344 e. The minimum Gasteiger partial charge on any atom is -0.344 e. The second-order valence-electron chi connectivity index (χ2n) is 11.6. The van der Waals surface area contributed by atoms with E-state index in [1.807, 2.05) is 41.3 Å². The van der Waals surface area contributed by atoms with E-state index in [1.54, 1.807) is 0 Å². The highest BCUT2D eigenvalue weighted by atomic mass is 35.5. The normalized spacial score (nSPS) is 19.4. The first-order valence-corrected chi connectivity index (χ1v) is 14.5. The molecule has 206 valence electrons. The summed E-state index contributed by atoms with van der Waals surface area (Å²) in [5, 5.41) is 7.19. The maximum absolute atomic E-state index is 13.8. The van der Waals surface area contributed by atoms with Crippen molar-refractivity contribution in [2.45, 2.75) is 71.6 Å². The topological polar surface area (TPSA) is 64.7 Å². The smallest absolute Gasteiger partial charge is 0.245 e. The van der Waals surface area contributed by atoms with Gasteiger partial charge in [0.25, 0.3) is 0 Å². The molecule has 2 unspecified atom stereocenters. The fourth-order valence-electron chi connectivity index (χ4n) is 5.88. The van der Waals surface area contributed by atoms with Crippen LogP contribution in [0.1, 0.15) is 63.3 Å². The molecule has 2 aromatic rings. The Bertz CT molecular complexity index is 1080. The lowest BCUT2D eigenvalue weighted by Crippen LogP contribution is -2.57. The van der Waals surface area contributed by atoms with Crippen LogP contribution in [0.15, 0.2) is 48.5 Å². The molecule has 0 aliphatic carbocycles. The summed E-state index contributed by atoms with van der Waals surface area (Å²) in [6.45, 7) is 13.0. The summed E-state index contributed by atoms with van der Waals surface area (Å²) < 4.78 is 0. The van der Waals surface area contributed by atoms with Crippen LogP contribution in [0.25, 0.3) is 0 Å². The van der Waals surface area contributed by atoms with E-state index in [9.17, 15) is 9.59 Å². The highest BCUT2D eigenvalue weighted by Crippen LogP contribution is 2.27. The lowest BCUT2D eigenvalue weighted by Gasteiger charge is -2.42. The van der Waals surface area contributed by atoms with Gasteiger partial charge in [0.15, 0.2) is 0 Å².